The summed E-state index contributed by atoms with van der Waals surface area (Å²) in [5, 5.41) is 2.70. The molecule has 0 saturated carbocycles. The minimum atomic E-state index is -0.462. The van der Waals surface area contributed by atoms with Crippen molar-refractivity contribution in [3.8, 4) is 0 Å². The van der Waals surface area contributed by atoms with Gasteiger partial charge in [-0.1, -0.05) is 0 Å². The van der Waals surface area contributed by atoms with E-state index in [1.54, 1.807) is 12.3 Å². The first kappa shape index (κ1) is 9.80. The van der Waals surface area contributed by atoms with E-state index >= 15 is 0 Å². The molecule has 13 heavy (non-hydrogen) atoms. The number of nitrogens with one attached hydrogen (secondary N) is 2. The molecule has 4 N–H and O–H groups in total. The van der Waals surface area contributed by atoms with Gasteiger partial charge >= 0.3 is 0 Å². The molecule has 0 radical (unpaired) electrons. The third-order valence-electron chi connectivity index (χ3n) is 1.49. The number of anilines is 1. The Labute approximate surface area is 77.5 Å². The Morgan fingerprint density at radius 3 is 2.85 bits per heavy atom. The predicted octanol–water partition coefficient (Wildman–Crippen LogP) is 1.08. The maximum atomic E-state index is 11.3. The van der Waals surface area contributed by atoms with Gasteiger partial charge in [0.25, 0.3) is 0 Å². The fourth-order valence-electron chi connectivity index (χ4n) is 1.02. The molecule has 1 amide bonds. The summed E-state index contributed by atoms with van der Waals surface area (Å²) >= 11 is 0. The van der Waals surface area contributed by atoms with Crippen molar-refractivity contribution in [3.63, 3.8) is 0 Å². The van der Waals surface area contributed by atoms with Gasteiger partial charge in [-0.25, -0.2) is 0 Å². The maximum Gasteiger partial charge on any atom is 0.227 e. The van der Waals surface area contributed by atoms with Crippen LogP contribution in [0.25, 0.3) is 0 Å². The van der Waals surface area contributed by atoms with Crippen molar-refractivity contribution in [1.82, 2.24) is 4.98 Å². The number of aromatic amines is 1. The molecule has 1 aromatic rings. The van der Waals surface area contributed by atoms with Crippen LogP contribution < -0.4 is 11.1 Å². The molecule has 4 heteroatoms. The lowest BCUT2D eigenvalue weighted by Crippen LogP contribution is -2.36. The zero-order valence-corrected chi connectivity index (χ0v) is 7.92. The molecule has 4 nitrogen and oxygen atoms in total. The smallest absolute Gasteiger partial charge is 0.227 e. The van der Waals surface area contributed by atoms with Gasteiger partial charge in [-0.3, -0.25) is 4.79 Å². The molecule has 1 aromatic heterocycles. The first-order valence-electron chi connectivity index (χ1n) is 4.19. The monoisotopic (exact) mass is 181 g/mol. The minimum Gasteiger partial charge on any atom is -0.348 e. The molecular weight excluding hydrogens is 166 g/mol. The Bertz CT molecular complexity index is 272. The number of hydrogen-bond acceptors (Lipinski definition) is 2. The van der Waals surface area contributed by atoms with Gasteiger partial charge in [-0.15, -0.1) is 0 Å². The lowest BCUT2D eigenvalue weighted by Gasteiger charge is -2.16. The highest BCUT2D eigenvalue weighted by Gasteiger charge is 2.16. The maximum absolute atomic E-state index is 11.3. The van der Waals surface area contributed by atoms with E-state index in [2.05, 4.69) is 10.3 Å². The first-order chi connectivity index (χ1) is 5.97. The van der Waals surface area contributed by atoms with Crippen LogP contribution in [0.1, 0.15) is 20.3 Å². The highest BCUT2D eigenvalue weighted by molar-refractivity contribution is 5.90. The second kappa shape index (κ2) is 3.62. The quantitative estimate of drug-likeness (QED) is 0.653. The van der Waals surface area contributed by atoms with Crippen molar-refractivity contribution in [2.75, 3.05) is 5.32 Å². The highest BCUT2D eigenvalue weighted by Crippen LogP contribution is 2.07. The van der Waals surface area contributed by atoms with Crippen LogP contribution in [-0.4, -0.2) is 16.4 Å². The van der Waals surface area contributed by atoms with Crippen LogP contribution in [-0.2, 0) is 4.79 Å². The van der Waals surface area contributed by atoms with Gasteiger partial charge < -0.3 is 16.0 Å². The third kappa shape index (κ3) is 3.75. The van der Waals surface area contributed by atoms with Crippen molar-refractivity contribution < 1.29 is 4.79 Å². The SMILES string of the molecule is CC(C)(N)CC(=O)Nc1ccc[nH]1. The number of aromatic nitrogens is 1. The summed E-state index contributed by atoms with van der Waals surface area (Å²) in [7, 11) is 0. The molecule has 0 fully saturated rings. The summed E-state index contributed by atoms with van der Waals surface area (Å²) in [5.41, 5.74) is 5.23. The van der Waals surface area contributed by atoms with E-state index < -0.39 is 5.54 Å². The van der Waals surface area contributed by atoms with Crippen molar-refractivity contribution in [2.45, 2.75) is 25.8 Å². The lowest BCUT2D eigenvalue weighted by molar-refractivity contribution is -0.117. The van der Waals surface area contributed by atoms with Crippen molar-refractivity contribution in [2.24, 2.45) is 5.73 Å². The van der Waals surface area contributed by atoms with Gasteiger partial charge in [0.1, 0.15) is 5.82 Å². The molecule has 1 heterocycles. The molecule has 1 rings (SSSR count). The summed E-state index contributed by atoms with van der Waals surface area (Å²) in [4.78, 5) is 14.2. The number of H-pyrrole nitrogens is 1. The van der Waals surface area contributed by atoms with E-state index in [-0.39, 0.29) is 5.91 Å². The molecule has 0 aliphatic heterocycles. The van der Waals surface area contributed by atoms with Crippen molar-refractivity contribution in [3.05, 3.63) is 18.3 Å². The molecule has 0 aliphatic rings. The third-order valence-corrected chi connectivity index (χ3v) is 1.49. The normalized spacial score (nSPS) is 11.3. The van der Waals surface area contributed by atoms with Crippen LogP contribution in [0, 0.1) is 0 Å². The second-order valence-corrected chi connectivity index (χ2v) is 3.80. The van der Waals surface area contributed by atoms with E-state index in [9.17, 15) is 4.79 Å². The lowest BCUT2D eigenvalue weighted by atomic mass is 10.0. The van der Waals surface area contributed by atoms with Gasteiger partial charge in [0.2, 0.25) is 5.91 Å². The Kier molecular flexibility index (Phi) is 2.72. The average Bonchev–Trinajstić information content (AvgIpc) is 2.34. The summed E-state index contributed by atoms with van der Waals surface area (Å²) in [5.74, 6) is 0.629. The number of carbonyl (C=O) groups is 1. The van der Waals surface area contributed by atoms with Crippen LogP contribution >= 0.6 is 0 Å². The summed E-state index contributed by atoms with van der Waals surface area (Å²) in [6.45, 7) is 3.64. The van der Waals surface area contributed by atoms with Gasteiger partial charge in [-0.2, -0.15) is 0 Å². The number of nitrogens with two attached hydrogens (primary N) is 1. The molecule has 0 saturated heterocycles. The Hall–Kier alpha value is -1.29. The van der Waals surface area contributed by atoms with Crippen LogP contribution in [0.5, 0.6) is 0 Å². The van der Waals surface area contributed by atoms with Crippen LogP contribution in [0.4, 0.5) is 5.82 Å². The van der Waals surface area contributed by atoms with E-state index in [4.69, 9.17) is 5.73 Å². The zero-order chi connectivity index (χ0) is 9.90. The topological polar surface area (TPSA) is 70.9 Å². The van der Waals surface area contributed by atoms with E-state index in [0.717, 1.165) is 0 Å². The minimum absolute atomic E-state index is 0.0741. The molecule has 72 valence electrons. The van der Waals surface area contributed by atoms with Crippen LogP contribution in [0.3, 0.4) is 0 Å². The number of carbonyl (C=O) groups excluding carboxylic acids is 1. The van der Waals surface area contributed by atoms with Gasteiger partial charge in [0.15, 0.2) is 0 Å². The molecule has 0 unspecified atom stereocenters. The molecule has 0 aromatic carbocycles. The fraction of sp³-hybridized carbons (Fsp3) is 0.444. The largest absolute Gasteiger partial charge is 0.348 e. The average molecular weight is 181 g/mol. The zero-order valence-electron chi connectivity index (χ0n) is 7.92. The predicted molar refractivity (Wildman–Crippen MR) is 52.3 cm³/mol. The Morgan fingerprint density at radius 1 is 1.69 bits per heavy atom. The Morgan fingerprint density at radius 2 is 2.38 bits per heavy atom. The molecular formula is C9H15N3O. The summed E-state index contributed by atoms with van der Waals surface area (Å²) in [6.07, 6.45) is 2.06. The molecule has 0 aliphatic carbocycles. The van der Waals surface area contributed by atoms with Crippen LogP contribution in [0.15, 0.2) is 18.3 Å². The standard InChI is InChI=1S/C9H15N3O/c1-9(2,10)6-8(13)12-7-4-3-5-11-7/h3-5,11H,6,10H2,1-2H3,(H,12,13). The molecule has 0 spiro atoms. The van der Waals surface area contributed by atoms with Gasteiger partial charge in [0.05, 0.1) is 0 Å². The second-order valence-electron chi connectivity index (χ2n) is 3.80. The highest BCUT2D eigenvalue weighted by atomic mass is 16.1. The van der Waals surface area contributed by atoms with E-state index in [1.807, 2.05) is 19.9 Å². The summed E-state index contributed by atoms with van der Waals surface area (Å²) in [6, 6.07) is 3.62. The first-order valence-corrected chi connectivity index (χ1v) is 4.19. The van der Waals surface area contributed by atoms with Crippen molar-refractivity contribution in [1.29, 1.82) is 0 Å². The van der Waals surface area contributed by atoms with Crippen LogP contribution in [0.2, 0.25) is 0 Å². The number of hydrogen-bond donors (Lipinski definition) is 3. The number of rotatable bonds is 3. The summed E-state index contributed by atoms with van der Waals surface area (Å²) < 4.78 is 0. The van der Waals surface area contributed by atoms with Crippen molar-refractivity contribution >= 4 is 11.7 Å². The van der Waals surface area contributed by atoms with Gasteiger partial charge in [0, 0.05) is 18.2 Å². The molecule has 0 bridgehead atoms. The Balaban J connectivity index is 2.43. The fourth-order valence-corrected chi connectivity index (χ4v) is 1.02. The molecule has 0 atom stereocenters. The van der Waals surface area contributed by atoms with E-state index in [0.29, 0.717) is 12.2 Å². The number of amides is 1. The van der Waals surface area contributed by atoms with Gasteiger partial charge in [-0.05, 0) is 26.0 Å². The van der Waals surface area contributed by atoms with E-state index in [1.165, 1.54) is 0 Å².